The summed E-state index contributed by atoms with van der Waals surface area (Å²) in [4.78, 5) is 44.4. The minimum absolute atomic E-state index is 0.0600. The molecule has 1 heterocycles. The van der Waals surface area contributed by atoms with Crippen LogP contribution in [0, 0.1) is 0 Å². The number of ether oxygens (including phenoxy) is 1. The van der Waals surface area contributed by atoms with E-state index in [1.165, 1.54) is 4.90 Å². The highest BCUT2D eigenvalue weighted by atomic mass is 35.5. The van der Waals surface area contributed by atoms with Crippen LogP contribution < -0.4 is 0 Å². The van der Waals surface area contributed by atoms with E-state index in [2.05, 4.69) is 4.98 Å². The number of ketones is 1. The third kappa shape index (κ3) is 3.98. The normalized spacial score (nSPS) is 18.4. The molecule has 1 atom stereocenters. The first-order chi connectivity index (χ1) is 15.4. The number of hydrogen-bond acceptors (Lipinski definition) is 5. The molecule has 1 fully saturated rings. The Morgan fingerprint density at radius 3 is 2.59 bits per heavy atom. The molecule has 1 saturated carbocycles. The van der Waals surface area contributed by atoms with Gasteiger partial charge in [0.25, 0.3) is 5.91 Å². The van der Waals surface area contributed by atoms with Crippen LogP contribution in [-0.2, 0) is 19.9 Å². The van der Waals surface area contributed by atoms with Crippen LogP contribution in [0.1, 0.15) is 41.7 Å². The van der Waals surface area contributed by atoms with Gasteiger partial charge in [-0.25, -0.2) is 9.78 Å². The number of carbonyl (C=O) groups is 3. The fraction of sp³-hybridized carbons (Fsp3) is 0.280. The number of halogens is 1. The van der Waals surface area contributed by atoms with E-state index < -0.39 is 24.0 Å². The van der Waals surface area contributed by atoms with Crippen LogP contribution in [0.25, 0.3) is 10.9 Å². The fourth-order valence-corrected chi connectivity index (χ4v) is 4.61. The van der Waals surface area contributed by atoms with Gasteiger partial charge in [0.1, 0.15) is 11.2 Å². The van der Waals surface area contributed by atoms with Gasteiger partial charge in [-0.2, -0.15) is 0 Å². The van der Waals surface area contributed by atoms with Crippen molar-refractivity contribution in [2.75, 3.05) is 13.7 Å². The highest BCUT2D eigenvalue weighted by Crippen LogP contribution is 2.42. The molecule has 4 rings (SSSR count). The first-order valence-corrected chi connectivity index (χ1v) is 10.9. The molecule has 1 amide bonds. The molecule has 0 spiro atoms. The van der Waals surface area contributed by atoms with Crippen molar-refractivity contribution in [3.63, 3.8) is 0 Å². The lowest BCUT2D eigenvalue weighted by molar-refractivity contribution is -0.150. The van der Waals surface area contributed by atoms with Crippen molar-refractivity contribution in [2.45, 2.75) is 31.2 Å². The Morgan fingerprint density at radius 2 is 1.81 bits per heavy atom. The van der Waals surface area contributed by atoms with Crippen LogP contribution in [0.2, 0.25) is 5.02 Å². The van der Waals surface area contributed by atoms with Crippen LogP contribution in [0.15, 0.2) is 60.7 Å². The van der Waals surface area contributed by atoms with Crippen LogP contribution in [-0.4, -0.2) is 41.2 Å². The summed E-state index contributed by atoms with van der Waals surface area (Å²) in [6.07, 6.45) is 2.40. The third-order valence-corrected chi connectivity index (χ3v) is 6.38. The number of esters is 1. The summed E-state index contributed by atoms with van der Waals surface area (Å²) in [6, 6.07) is 17.8. The number of para-hydroxylation sites is 1. The van der Waals surface area contributed by atoms with Crippen molar-refractivity contribution in [3.05, 3.63) is 76.9 Å². The van der Waals surface area contributed by atoms with E-state index >= 15 is 0 Å². The van der Waals surface area contributed by atoms with Crippen LogP contribution in [0.3, 0.4) is 0 Å². The number of fused-ring (bicyclic) bond motifs is 1. The van der Waals surface area contributed by atoms with E-state index in [4.69, 9.17) is 16.3 Å². The standard InChI is InChI=1S/C25H23ClN2O4/c1-28(25(15-7-6-12-22(25)29)18-9-3-4-10-19(18)26)23(30)16-32-24(31)21-14-13-17-8-2-5-11-20(17)27-21/h2-5,8-11,13-14H,6-7,12,15-16H2,1H3. The van der Waals surface area contributed by atoms with E-state index in [0.717, 1.165) is 18.2 Å². The molecule has 0 bridgehead atoms. The molecule has 0 aliphatic heterocycles. The number of hydrogen-bond donors (Lipinski definition) is 0. The lowest BCUT2D eigenvalue weighted by atomic mass is 9.74. The summed E-state index contributed by atoms with van der Waals surface area (Å²) in [5.41, 5.74) is 0.218. The van der Waals surface area contributed by atoms with Gasteiger partial charge in [-0.1, -0.05) is 54.1 Å². The lowest BCUT2D eigenvalue weighted by Crippen LogP contribution is -2.55. The first kappa shape index (κ1) is 22.0. The Kier molecular flexibility index (Phi) is 6.24. The number of benzene rings is 2. The first-order valence-electron chi connectivity index (χ1n) is 10.5. The number of carbonyl (C=O) groups excluding carboxylic acids is 3. The summed E-state index contributed by atoms with van der Waals surface area (Å²) < 4.78 is 5.26. The molecule has 1 aromatic heterocycles. The van der Waals surface area contributed by atoms with Gasteiger partial charge in [0.2, 0.25) is 0 Å². The lowest BCUT2D eigenvalue weighted by Gasteiger charge is -2.43. The summed E-state index contributed by atoms with van der Waals surface area (Å²) in [6.45, 7) is -0.497. The van der Waals surface area contributed by atoms with E-state index in [0.29, 0.717) is 28.9 Å². The maximum atomic E-state index is 13.1. The van der Waals surface area contributed by atoms with Gasteiger partial charge in [-0.3, -0.25) is 9.59 Å². The van der Waals surface area contributed by atoms with Crippen molar-refractivity contribution in [1.29, 1.82) is 0 Å². The third-order valence-electron chi connectivity index (χ3n) is 6.05. The van der Waals surface area contributed by atoms with Crippen molar-refractivity contribution in [1.82, 2.24) is 9.88 Å². The average molecular weight is 451 g/mol. The Hall–Kier alpha value is -3.25. The molecular formula is C25H23ClN2O4. The van der Waals surface area contributed by atoms with E-state index in [-0.39, 0.29) is 11.5 Å². The largest absolute Gasteiger partial charge is 0.451 e. The molecule has 3 aromatic rings. The highest BCUT2D eigenvalue weighted by molar-refractivity contribution is 6.31. The molecule has 7 heteroatoms. The predicted molar refractivity (Wildman–Crippen MR) is 121 cm³/mol. The Bertz CT molecular complexity index is 1200. The van der Waals surface area contributed by atoms with Gasteiger partial charge in [-0.15, -0.1) is 0 Å². The van der Waals surface area contributed by atoms with Crippen LogP contribution >= 0.6 is 11.6 Å². The van der Waals surface area contributed by atoms with Gasteiger partial charge >= 0.3 is 5.97 Å². The molecular weight excluding hydrogens is 428 g/mol. The molecule has 0 N–H and O–H groups in total. The molecule has 6 nitrogen and oxygen atoms in total. The molecule has 1 aliphatic carbocycles. The number of aromatic nitrogens is 1. The zero-order valence-corrected chi connectivity index (χ0v) is 18.5. The quantitative estimate of drug-likeness (QED) is 0.533. The Labute approximate surface area is 191 Å². The zero-order valence-electron chi connectivity index (χ0n) is 17.7. The van der Waals surface area contributed by atoms with Gasteiger partial charge in [0.15, 0.2) is 12.4 Å². The van der Waals surface area contributed by atoms with Crippen molar-refractivity contribution in [2.24, 2.45) is 0 Å². The summed E-state index contributed by atoms with van der Waals surface area (Å²) in [5.74, 6) is -1.23. The molecule has 164 valence electrons. The van der Waals surface area contributed by atoms with Gasteiger partial charge in [-0.05, 0) is 37.5 Å². The van der Waals surface area contributed by atoms with Crippen molar-refractivity contribution < 1.29 is 19.1 Å². The van der Waals surface area contributed by atoms with Crippen LogP contribution in [0.4, 0.5) is 0 Å². The van der Waals surface area contributed by atoms with Gasteiger partial charge in [0.05, 0.1) is 5.52 Å². The highest BCUT2D eigenvalue weighted by Gasteiger charge is 2.48. The monoisotopic (exact) mass is 450 g/mol. The second-order valence-electron chi connectivity index (χ2n) is 7.89. The average Bonchev–Trinajstić information content (AvgIpc) is 2.82. The summed E-state index contributed by atoms with van der Waals surface area (Å²) in [5, 5.41) is 1.33. The second-order valence-corrected chi connectivity index (χ2v) is 8.30. The van der Waals surface area contributed by atoms with E-state index in [1.54, 1.807) is 49.5 Å². The summed E-state index contributed by atoms with van der Waals surface area (Å²) in [7, 11) is 1.57. The summed E-state index contributed by atoms with van der Waals surface area (Å²) >= 11 is 6.43. The minimum Gasteiger partial charge on any atom is -0.451 e. The molecule has 0 saturated heterocycles. The number of likely N-dealkylation sites (N-methyl/N-ethyl adjacent to an activating group) is 1. The molecule has 1 aliphatic rings. The number of Topliss-reactive ketones (excluding diaryl/α,β-unsaturated/α-hetero) is 1. The second kappa shape index (κ2) is 9.09. The molecule has 32 heavy (non-hydrogen) atoms. The topological polar surface area (TPSA) is 76.6 Å². The molecule has 1 unspecified atom stereocenters. The number of rotatable bonds is 5. The van der Waals surface area contributed by atoms with Crippen LogP contribution in [0.5, 0.6) is 0 Å². The Balaban J connectivity index is 1.54. The Morgan fingerprint density at radius 1 is 1.06 bits per heavy atom. The SMILES string of the molecule is CN(C(=O)COC(=O)c1ccc2ccccc2n1)C1(c2ccccc2Cl)CCCCC1=O. The smallest absolute Gasteiger partial charge is 0.357 e. The number of amides is 1. The van der Waals surface area contributed by atoms with E-state index in [9.17, 15) is 14.4 Å². The zero-order chi connectivity index (χ0) is 22.7. The number of nitrogens with zero attached hydrogens (tertiary/aromatic N) is 2. The molecule has 2 aromatic carbocycles. The minimum atomic E-state index is -1.17. The predicted octanol–water partition coefficient (Wildman–Crippen LogP) is 4.54. The van der Waals surface area contributed by atoms with Crippen molar-refractivity contribution >= 4 is 40.2 Å². The van der Waals surface area contributed by atoms with Gasteiger partial charge in [0, 0.05) is 29.4 Å². The number of pyridine rings is 1. The van der Waals surface area contributed by atoms with Crippen molar-refractivity contribution in [3.8, 4) is 0 Å². The molecule has 0 radical (unpaired) electrons. The van der Waals surface area contributed by atoms with E-state index in [1.807, 2.05) is 18.2 Å². The maximum absolute atomic E-state index is 13.1. The van der Waals surface area contributed by atoms with Gasteiger partial charge < -0.3 is 9.64 Å². The maximum Gasteiger partial charge on any atom is 0.357 e. The fourth-order valence-electron chi connectivity index (χ4n) is 4.32.